The number of hydrogen-bond acceptors (Lipinski definition) is 3. The molecule has 0 bridgehead atoms. The van der Waals surface area contributed by atoms with Gasteiger partial charge in [-0.05, 0) is 31.8 Å². The van der Waals surface area contributed by atoms with E-state index in [1.807, 2.05) is 0 Å². The Bertz CT molecular complexity index is 189. The van der Waals surface area contributed by atoms with Crippen molar-refractivity contribution in [3.8, 4) is 0 Å². The molecule has 3 heteroatoms. The Morgan fingerprint density at radius 1 is 1.21 bits per heavy atom. The Morgan fingerprint density at radius 3 is 2.00 bits per heavy atom. The average molecular weight is 232 g/mol. The van der Waals surface area contributed by atoms with Crippen molar-refractivity contribution in [1.82, 2.24) is 0 Å². The van der Waals surface area contributed by atoms with E-state index in [-0.39, 0.29) is 4.08 Å². The van der Waals surface area contributed by atoms with E-state index >= 15 is 0 Å². The lowest BCUT2D eigenvalue weighted by atomic mass is 10.2. The highest BCUT2D eigenvalue weighted by atomic mass is 32.2. The lowest BCUT2D eigenvalue weighted by Crippen LogP contribution is -2.22. The zero-order chi connectivity index (χ0) is 11.0. The van der Waals surface area contributed by atoms with Crippen molar-refractivity contribution < 1.29 is 4.79 Å². The van der Waals surface area contributed by atoms with Gasteiger partial charge in [0.15, 0.2) is 0 Å². The van der Waals surface area contributed by atoms with E-state index in [0.717, 1.165) is 24.2 Å². The van der Waals surface area contributed by atoms with Crippen LogP contribution >= 0.6 is 23.5 Å². The first-order valence-corrected chi connectivity index (χ1v) is 6.95. The summed E-state index contributed by atoms with van der Waals surface area (Å²) in [5, 5.41) is 0. The molecule has 0 unspecified atom stereocenters. The van der Waals surface area contributed by atoms with Crippen LogP contribution in [-0.4, -0.2) is 21.9 Å². The van der Waals surface area contributed by atoms with Crippen LogP contribution in [0.5, 0.6) is 0 Å². The summed E-state index contributed by atoms with van der Waals surface area (Å²) in [6, 6.07) is 0. The molecule has 0 aliphatic carbocycles. The van der Waals surface area contributed by atoms with Crippen molar-refractivity contribution in [3.05, 3.63) is 11.6 Å². The summed E-state index contributed by atoms with van der Waals surface area (Å²) in [6.07, 6.45) is 4.10. The van der Waals surface area contributed by atoms with Crippen LogP contribution < -0.4 is 0 Å². The van der Waals surface area contributed by atoms with Gasteiger partial charge in [-0.2, -0.15) is 0 Å². The summed E-state index contributed by atoms with van der Waals surface area (Å²) in [5.74, 6) is 1.98. The van der Waals surface area contributed by atoms with Crippen molar-refractivity contribution in [1.29, 1.82) is 0 Å². The van der Waals surface area contributed by atoms with Gasteiger partial charge in [0.2, 0.25) is 0 Å². The van der Waals surface area contributed by atoms with Crippen LogP contribution in [0.1, 0.15) is 34.1 Å². The number of thioether (sulfide) groups is 2. The SMILES string of the molecule is CCSC(C=O)(CC=C(C)C)SCC. The van der Waals surface area contributed by atoms with Crippen LogP contribution in [0.25, 0.3) is 0 Å². The standard InChI is InChI=1S/C11H20OS2/c1-5-13-11(9-12,14-6-2)8-7-10(3)4/h7,9H,5-6,8H2,1-4H3. The minimum Gasteiger partial charge on any atom is -0.301 e. The lowest BCUT2D eigenvalue weighted by Gasteiger charge is -2.24. The van der Waals surface area contributed by atoms with E-state index < -0.39 is 0 Å². The molecule has 0 aliphatic heterocycles. The van der Waals surface area contributed by atoms with E-state index in [1.165, 1.54) is 5.57 Å². The maximum absolute atomic E-state index is 11.1. The van der Waals surface area contributed by atoms with Gasteiger partial charge in [0, 0.05) is 0 Å². The van der Waals surface area contributed by atoms with Gasteiger partial charge in [-0.15, -0.1) is 23.5 Å². The molecule has 1 nitrogen and oxygen atoms in total. The minimum atomic E-state index is -0.249. The Balaban J connectivity index is 4.48. The lowest BCUT2D eigenvalue weighted by molar-refractivity contribution is -0.108. The number of hydrogen-bond donors (Lipinski definition) is 0. The molecule has 0 aromatic rings. The maximum atomic E-state index is 11.1. The topological polar surface area (TPSA) is 17.1 Å². The Kier molecular flexibility index (Phi) is 7.47. The van der Waals surface area contributed by atoms with Crippen molar-refractivity contribution in [2.24, 2.45) is 0 Å². The Morgan fingerprint density at radius 2 is 1.71 bits per heavy atom. The third kappa shape index (κ3) is 5.11. The van der Waals surface area contributed by atoms with E-state index in [2.05, 4.69) is 33.8 Å². The second-order valence-corrected chi connectivity index (χ2v) is 6.73. The molecule has 0 heterocycles. The first-order valence-electron chi connectivity index (χ1n) is 4.97. The van der Waals surface area contributed by atoms with Crippen molar-refractivity contribution >= 4 is 29.8 Å². The third-order valence-electron chi connectivity index (χ3n) is 1.75. The summed E-state index contributed by atoms with van der Waals surface area (Å²) < 4.78 is -0.249. The highest BCUT2D eigenvalue weighted by Crippen LogP contribution is 2.38. The molecule has 0 spiro atoms. The monoisotopic (exact) mass is 232 g/mol. The normalized spacial score (nSPS) is 11.1. The predicted octanol–water partition coefficient (Wildman–Crippen LogP) is 3.74. The smallest absolute Gasteiger partial charge is 0.146 e. The van der Waals surface area contributed by atoms with Crippen LogP contribution in [0.2, 0.25) is 0 Å². The van der Waals surface area contributed by atoms with E-state index in [0.29, 0.717) is 0 Å². The van der Waals surface area contributed by atoms with Crippen LogP contribution in [0.15, 0.2) is 11.6 Å². The number of rotatable bonds is 7. The number of aldehydes is 1. The largest absolute Gasteiger partial charge is 0.301 e. The fourth-order valence-electron chi connectivity index (χ4n) is 1.11. The van der Waals surface area contributed by atoms with Gasteiger partial charge in [0.05, 0.1) is 0 Å². The molecule has 0 saturated heterocycles. The Labute approximate surface area is 96.1 Å². The summed E-state index contributed by atoms with van der Waals surface area (Å²) >= 11 is 3.48. The molecule has 82 valence electrons. The van der Waals surface area contributed by atoms with Gasteiger partial charge in [-0.1, -0.05) is 25.5 Å². The van der Waals surface area contributed by atoms with Crippen LogP contribution in [0.3, 0.4) is 0 Å². The van der Waals surface area contributed by atoms with Gasteiger partial charge >= 0.3 is 0 Å². The molecule has 0 aromatic heterocycles. The summed E-state index contributed by atoms with van der Waals surface area (Å²) in [4.78, 5) is 11.1. The third-order valence-corrected chi connectivity index (χ3v) is 4.54. The Hall–Kier alpha value is 0.110. The molecule has 0 fully saturated rings. The van der Waals surface area contributed by atoms with Gasteiger partial charge in [-0.25, -0.2) is 0 Å². The van der Waals surface area contributed by atoms with Gasteiger partial charge in [0.1, 0.15) is 10.4 Å². The zero-order valence-corrected chi connectivity index (χ0v) is 11.1. The molecule has 0 atom stereocenters. The van der Waals surface area contributed by atoms with E-state index in [4.69, 9.17) is 0 Å². The van der Waals surface area contributed by atoms with Crippen molar-refractivity contribution in [2.75, 3.05) is 11.5 Å². The van der Waals surface area contributed by atoms with Crippen molar-refractivity contribution in [3.63, 3.8) is 0 Å². The minimum absolute atomic E-state index is 0.249. The van der Waals surface area contributed by atoms with Gasteiger partial charge < -0.3 is 4.79 Å². The van der Waals surface area contributed by atoms with E-state index in [9.17, 15) is 4.79 Å². The first kappa shape index (κ1) is 14.1. The summed E-state index contributed by atoms with van der Waals surface area (Å²) in [7, 11) is 0. The molecular weight excluding hydrogens is 212 g/mol. The summed E-state index contributed by atoms with van der Waals surface area (Å²) in [5.41, 5.74) is 1.28. The molecule has 0 N–H and O–H groups in total. The highest BCUT2D eigenvalue weighted by Gasteiger charge is 2.28. The van der Waals surface area contributed by atoms with E-state index in [1.54, 1.807) is 23.5 Å². The maximum Gasteiger partial charge on any atom is 0.146 e. The molecule has 0 rings (SSSR count). The molecule has 0 amide bonds. The highest BCUT2D eigenvalue weighted by molar-refractivity contribution is 8.19. The quantitative estimate of drug-likeness (QED) is 0.378. The second-order valence-electron chi connectivity index (χ2n) is 3.28. The molecular formula is C11H20OS2. The summed E-state index contributed by atoms with van der Waals surface area (Å²) in [6.45, 7) is 8.34. The average Bonchev–Trinajstić information content (AvgIpc) is 2.15. The van der Waals surface area contributed by atoms with Crippen LogP contribution in [-0.2, 0) is 4.79 Å². The molecule has 0 radical (unpaired) electrons. The number of carbonyl (C=O) groups excluding carboxylic acids is 1. The molecule has 0 aliphatic rings. The fraction of sp³-hybridized carbons (Fsp3) is 0.727. The fourth-order valence-corrected chi connectivity index (χ4v) is 3.67. The number of allylic oxidation sites excluding steroid dienone is 2. The molecule has 14 heavy (non-hydrogen) atoms. The second kappa shape index (κ2) is 7.41. The van der Waals surface area contributed by atoms with Gasteiger partial charge in [-0.3, -0.25) is 0 Å². The van der Waals surface area contributed by atoms with Crippen molar-refractivity contribution in [2.45, 2.75) is 38.2 Å². The van der Waals surface area contributed by atoms with Crippen LogP contribution in [0.4, 0.5) is 0 Å². The molecule has 0 aromatic carbocycles. The molecule has 0 saturated carbocycles. The zero-order valence-electron chi connectivity index (χ0n) is 9.50. The van der Waals surface area contributed by atoms with Crippen LogP contribution in [0, 0.1) is 0 Å². The predicted molar refractivity (Wildman–Crippen MR) is 69.1 cm³/mol. The van der Waals surface area contributed by atoms with Gasteiger partial charge in [0.25, 0.3) is 0 Å². The number of carbonyl (C=O) groups is 1. The first-order chi connectivity index (χ1) is 6.60.